The minimum Gasteiger partial charge on any atom is -0.493 e. The fourth-order valence-electron chi connectivity index (χ4n) is 5.09. The molecule has 1 amide bonds. The maximum atomic E-state index is 13.9. The molecule has 1 heterocycles. The minimum atomic E-state index is -0.307. The predicted molar refractivity (Wildman–Crippen MR) is 148 cm³/mol. The van der Waals surface area contributed by atoms with E-state index in [1.807, 2.05) is 72.8 Å². The number of anilines is 2. The summed E-state index contributed by atoms with van der Waals surface area (Å²) in [5, 5.41) is 3.33. The molecule has 4 aromatic carbocycles. The van der Waals surface area contributed by atoms with E-state index in [0.29, 0.717) is 30.9 Å². The van der Waals surface area contributed by atoms with Crippen LogP contribution in [0.25, 0.3) is 0 Å². The molecule has 5 nitrogen and oxygen atoms in total. The number of hydrogen-bond acceptors (Lipinski definition) is 4. The maximum absolute atomic E-state index is 13.9. The van der Waals surface area contributed by atoms with Crippen molar-refractivity contribution in [2.24, 2.45) is 5.92 Å². The molecule has 194 valence electrons. The Bertz CT molecular complexity index is 1340. The summed E-state index contributed by atoms with van der Waals surface area (Å²) in [6.07, 6.45) is 1.34. The molecule has 0 aliphatic carbocycles. The van der Waals surface area contributed by atoms with E-state index in [1.165, 1.54) is 12.1 Å². The molecule has 0 bridgehead atoms. The van der Waals surface area contributed by atoms with Gasteiger partial charge in [-0.05, 0) is 59.9 Å². The fraction of sp³-hybridized carbons (Fsp3) is 0.219. The van der Waals surface area contributed by atoms with Gasteiger partial charge in [-0.1, -0.05) is 60.7 Å². The average Bonchev–Trinajstić information content (AvgIpc) is 3.16. The number of hydrogen-bond donors (Lipinski definition) is 1. The van der Waals surface area contributed by atoms with Crippen molar-refractivity contribution in [3.63, 3.8) is 0 Å². The lowest BCUT2D eigenvalue weighted by atomic mass is 9.96. The first-order valence-corrected chi connectivity index (χ1v) is 12.8. The van der Waals surface area contributed by atoms with Crippen molar-refractivity contribution in [2.45, 2.75) is 18.9 Å². The molecule has 0 spiro atoms. The van der Waals surface area contributed by atoms with E-state index >= 15 is 0 Å². The molecule has 0 fully saturated rings. The normalized spacial score (nSPS) is 14.9. The summed E-state index contributed by atoms with van der Waals surface area (Å²) in [4.78, 5) is 16.0. The first kappa shape index (κ1) is 25.3. The summed E-state index contributed by atoms with van der Waals surface area (Å²) >= 11 is 0. The number of amides is 1. The second-order valence-electron chi connectivity index (χ2n) is 9.42. The van der Waals surface area contributed by atoms with Crippen LogP contribution in [0.3, 0.4) is 0 Å². The van der Waals surface area contributed by atoms with E-state index in [-0.39, 0.29) is 23.7 Å². The summed E-state index contributed by atoms with van der Waals surface area (Å²) in [6, 6.07) is 30.0. The van der Waals surface area contributed by atoms with Gasteiger partial charge in [0.2, 0.25) is 5.91 Å². The molecule has 1 aliphatic heterocycles. The maximum Gasteiger partial charge on any atom is 0.225 e. The number of methoxy groups -OCH3 is 2. The Morgan fingerprint density at radius 2 is 1.45 bits per heavy atom. The van der Waals surface area contributed by atoms with Crippen LogP contribution in [-0.4, -0.2) is 26.7 Å². The molecule has 1 N–H and O–H groups in total. The summed E-state index contributed by atoms with van der Waals surface area (Å²) in [5.74, 6) is 0.607. The van der Waals surface area contributed by atoms with Crippen LogP contribution in [0.15, 0.2) is 97.1 Å². The van der Waals surface area contributed by atoms with Gasteiger partial charge in [-0.25, -0.2) is 4.39 Å². The molecule has 0 saturated heterocycles. The Morgan fingerprint density at radius 1 is 0.868 bits per heavy atom. The standard InChI is InChI=1S/C32H31FN2O3/c1-37-29-19-24-13-14-25(21-35(28(24)20-30(29)38-2)27-17-15-26(33)16-18-27)32(36)34-31(22-9-5-3-6-10-22)23-11-7-4-8-12-23/h3-12,15-20,25,31H,13-14,21H2,1-2H3,(H,34,36). The van der Waals surface area contributed by atoms with Crippen LogP contribution >= 0.6 is 0 Å². The van der Waals surface area contributed by atoms with Crippen molar-refractivity contribution in [3.05, 3.63) is 120 Å². The summed E-state index contributed by atoms with van der Waals surface area (Å²) < 4.78 is 24.9. The van der Waals surface area contributed by atoms with Crippen LogP contribution in [0.5, 0.6) is 11.5 Å². The summed E-state index contributed by atoms with van der Waals surface area (Å²) in [6.45, 7) is 0.441. The smallest absolute Gasteiger partial charge is 0.225 e. The number of rotatable bonds is 7. The number of carbonyl (C=O) groups excluding carboxylic acids is 1. The summed E-state index contributed by atoms with van der Waals surface area (Å²) in [7, 11) is 3.22. The number of nitrogens with zero attached hydrogens (tertiary/aromatic N) is 1. The van der Waals surface area contributed by atoms with Crippen molar-refractivity contribution in [1.29, 1.82) is 0 Å². The third kappa shape index (κ3) is 5.35. The van der Waals surface area contributed by atoms with E-state index in [9.17, 15) is 9.18 Å². The second-order valence-corrected chi connectivity index (χ2v) is 9.42. The molecule has 38 heavy (non-hydrogen) atoms. The molecule has 0 saturated carbocycles. The molecule has 0 radical (unpaired) electrons. The van der Waals surface area contributed by atoms with E-state index in [4.69, 9.17) is 9.47 Å². The molecule has 1 unspecified atom stereocenters. The highest BCUT2D eigenvalue weighted by atomic mass is 19.1. The molecule has 1 aliphatic rings. The first-order valence-electron chi connectivity index (χ1n) is 12.8. The van der Waals surface area contributed by atoms with Crippen LogP contribution in [-0.2, 0) is 11.2 Å². The van der Waals surface area contributed by atoms with E-state index in [2.05, 4.69) is 10.2 Å². The molecule has 0 aromatic heterocycles. The van der Waals surface area contributed by atoms with Crippen LogP contribution in [0.1, 0.15) is 29.2 Å². The van der Waals surface area contributed by atoms with Gasteiger partial charge in [0, 0.05) is 24.0 Å². The number of carbonyl (C=O) groups is 1. The minimum absolute atomic E-state index is 0.0263. The van der Waals surface area contributed by atoms with Gasteiger partial charge in [0.25, 0.3) is 0 Å². The summed E-state index contributed by atoms with van der Waals surface area (Å²) in [5.41, 5.74) is 4.82. The largest absolute Gasteiger partial charge is 0.493 e. The zero-order chi connectivity index (χ0) is 26.5. The lowest BCUT2D eigenvalue weighted by Crippen LogP contribution is -2.39. The molecular weight excluding hydrogens is 479 g/mol. The van der Waals surface area contributed by atoms with Gasteiger partial charge in [0.1, 0.15) is 5.82 Å². The van der Waals surface area contributed by atoms with Gasteiger partial charge in [0.05, 0.1) is 26.2 Å². The van der Waals surface area contributed by atoms with E-state index < -0.39 is 0 Å². The quantitative estimate of drug-likeness (QED) is 0.311. The number of aryl methyl sites for hydroxylation is 1. The molecule has 1 atom stereocenters. The zero-order valence-corrected chi connectivity index (χ0v) is 21.6. The van der Waals surface area contributed by atoms with Crippen molar-refractivity contribution >= 4 is 17.3 Å². The first-order chi connectivity index (χ1) is 18.6. The van der Waals surface area contributed by atoms with Gasteiger partial charge < -0.3 is 19.7 Å². The van der Waals surface area contributed by atoms with Crippen molar-refractivity contribution < 1.29 is 18.7 Å². The Balaban J connectivity index is 1.49. The molecule has 4 aromatic rings. The van der Waals surface area contributed by atoms with Crippen LogP contribution < -0.4 is 19.7 Å². The second kappa shape index (κ2) is 11.4. The molecule has 6 heteroatoms. The van der Waals surface area contributed by atoms with E-state index in [0.717, 1.165) is 28.1 Å². The van der Waals surface area contributed by atoms with Crippen LogP contribution in [0.2, 0.25) is 0 Å². The van der Waals surface area contributed by atoms with Gasteiger partial charge in [-0.2, -0.15) is 0 Å². The Morgan fingerprint density at radius 3 is 2.03 bits per heavy atom. The van der Waals surface area contributed by atoms with Gasteiger partial charge >= 0.3 is 0 Å². The van der Waals surface area contributed by atoms with Crippen LogP contribution in [0, 0.1) is 11.7 Å². The molecular formula is C32H31FN2O3. The number of nitrogens with one attached hydrogen (secondary N) is 1. The molecule has 5 rings (SSSR count). The third-order valence-corrected chi connectivity index (χ3v) is 7.10. The number of ether oxygens (including phenoxy) is 2. The Labute approximate surface area is 222 Å². The van der Waals surface area contributed by atoms with Crippen molar-refractivity contribution in [3.8, 4) is 11.5 Å². The Hall–Kier alpha value is -4.32. The topological polar surface area (TPSA) is 50.8 Å². The lowest BCUT2D eigenvalue weighted by Gasteiger charge is -2.29. The fourth-order valence-corrected chi connectivity index (χ4v) is 5.09. The number of benzene rings is 4. The SMILES string of the molecule is COc1cc2c(cc1OC)N(c1ccc(F)cc1)CC(C(=O)NC(c1ccccc1)c1ccccc1)CC2. The van der Waals surface area contributed by atoms with Gasteiger partial charge in [-0.3, -0.25) is 4.79 Å². The third-order valence-electron chi connectivity index (χ3n) is 7.10. The zero-order valence-electron chi connectivity index (χ0n) is 21.6. The number of fused-ring (bicyclic) bond motifs is 1. The number of halogens is 1. The predicted octanol–water partition coefficient (Wildman–Crippen LogP) is 6.45. The monoisotopic (exact) mass is 510 g/mol. The van der Waals surface area contributed by atoms with Crippen LogP contribution in [0.4, 0.5) is 15.8 Å². The average molecular weight is 511 g/mol. The lowest BCUT2D eigenvalue weighted by molar-refractivity contribution is -0.125. The highest BCUT2D eigenvalue weighted by Gasteiger charge is 2.30. The van der Waals surface area contributed by atoms with Crippen molar-refractivity contribution in [1.82, 2.24) is 5.32 Å². The highest BCUT2D eigenvalue weighted by Crippen LogP contribution is 2.41. The van der Waals surface area contributed by atoms with Gasteiger partial charge in [0.15, 0.2) is 11.5 Å². The highest BCUT2D eigenvalue weighted by molar-refractivity contribution is 5.82. The Kier molecular flexibility index (Phi) is 7.59. The van der Waals surface area contributed by atoms with Gasteiger partial charge in [-0.15, -0.1) is 0 Å². The van der Waals surface area contributed by atoms with E-state index in [1.54, 1.807) is 26.4 Å². The van der Waals surface area contributed by atoms with Crippen molar-refractivity contribution in [2.75, 3.05) is 25.7 Å².